The van der Waals surface area contributed by atoms with Gasteiger partial charge in [0, 0.05) is 35.7 Å². The van der Waals surface area contributed by atoms with Gasteiger partial charge in [0.15, 0.2) is 0 Å². The lowest BCUT2D eigenvalue weighted by molar-refractivity contribution is -0.384. The summed E-state index contributed by atoms with van der Waals surface area (Å²) in [5.74, 6) is 0. The van der Waals surface area contributed by atoms with Crippen LogP contribution in [-0.2, 0) is 36.6 Å². The summed E-state index contributed by atoms with van der Waals surface area (Å²) in [7, 11) is -3.06. The van der Waals surface area contributed by atoms with Gasteiger partial charge in [-0.1, -0.05) is 23.8 Å². The number of anilines is 1. The Morgan fingerprint density at radius 2 is 1.81 bits per heavy atom. The number of hydrogen-bond acceptors (Lipinski definition) is 6. The number of halogens is 1. The molecule has 2 aromatic carbocycles. The summed E-state index contributed by atoms with van der Waals surface area (Å²) in [5, 5.41) is 11.4. The van der Waals surface area contributed by atoms with Gasteiger partial charge in [-0.3, -0.25) is 28.3 Å². The monoisotopic (exact) mass is 624 g/mol. The van der Waals surface area contributed by atoms with E-state index in [9.17, 15) is 28.1 Å². The summed E-state index contributed by atoms with van der Waals surface area (Å²) in [6.45, 7) is 7.06. The van der Waals surface area contributed by atoms with Crippen LogP contribution in [0, 0.1) is 20.6 Å². The van der Waals surface area contributed by atoms with E-state index in [2.05, 4.69) is 6.58 Å². The van der Waals surface area contributed by atoms with Crippen LogP contribution in [0.25, 0.3) is 0 Å². The fourth-order valence-corrected chi connectivity index (χ4v) is 5.76. The molecule has 10 nitrogen and oxygen atoms in total. The average Bonchev–Trinajstić information content (AvgIpc) is 2.83. The van der Waals surface area contributed by atoms with Crippen molar-refractivity contribution in [2.75, 3.05) is 4.31 Å². The van der Waals surface area contributed by atoms with E-state index >= 15 is 0 Å². The lowest BCUT2D eigenvalue weighted by atomic mass is 10.2. The van der Waals surface area contributed by atoms with Gasteiger partial charge in [-0.25, -0.2) is 13.2 Å². The highest BCUT2D eigenvalue weighted by Gasteiger charge is 2.32. The van der Waals surface area contributed by atoms with Crippen LogP contribution in [-0.4, -0.2) is 22.5 Å². The molecule has 0 amide bonds. The zero-order valence-corrected chi connectivity index (χ0v) is 22.9. The predicted molar refractivity (Wildman–Crippen MR) is 146 cm³/mol. The number of benzene rings is 2. The lowest BCUT2D eigenvalue weighted by Crippen LogP contribution is -2.45. The molecule has 190 valence electrons. The van der Waals surface area contributed by atoms with E-state index in [1.165, 1.54) is 48.0 Å². The number of aromatic nitrogens is 2. The van der Waals surface area contributed by atoms with Crippen molar-refractivity contribution in [2.24, 2.45) is 7.05 Å². The first-order valence-electron chi connectivity index (χ1n) is 10.9. The minimum atomic E-state index is -4.34. The zero-order chi connectivity index (χ0) is 26.8. The van der Waals surface area contributed by atoms with Gasteiger partial charge in [0.1, 0.15) is 5.69 Å². The molecule has 0 saturated heterocycles. The topological polar surface area (TPSA) is 125 Å². The number of nitro groups is 1. The molecular formula is C24H25IN4O6S. The Hall–Kier alpha value is -3.26. The fourth-order valence-electron chi connectivity index (χ4n) is 3.79. The molecule has 12 heteroatoms. The second kappa shape index (κ2) is 10.8. The molecule has 36 heavy (non-hydrogen) atoms. The first-order chi connectivity index (χ1) is 16.9. The number of aryl methyl sites for hydroxylation is 1. The fraction of sp³-hybridized carbons (Fsp3) is 0.250. The van der Waals surface area contributed by atoms with E-state index in [-0.39, 0.29) is 41.5 Å². The smallest absolute Gasteiger partial charge is 0.295 e. The minimum absolute atomic E-state index is 0.0560. The Morgan fingerprint density at radius 3 is 2.36 bits per heavy atom. The van der Waals surface area contributed by atoms with Crippen LogP contribution >= 0.6 is 22.6 Å². The average molecular weight is 624 g/mol. The summed E-state index contributed by atoms with van der Waals surface area (Å²) in [6.07, 6.45) is 1.54. The summed E-state index contributed by atoms with van der Waals surface area (Å²) in [4.78, 5) is 37.1. The van der Waals surface area contributed by atoms with Crippen LogP contribution in [0.4, 0.5) is 11.4 Å². The van der Waals surface area contributed by atoms with Crippen molar-refractivity contribution in [3.05, 3.63) is 106 Å². The van der Waals surface area contributed by atoms with Gasteiger partial charge in [-0.2, -0.15) is 0 Å². The summed E-state index contributed by atoms with van der Waals surface area (Å²) >= 11 is 1.96. The van der Waals surface area contributed by atoms with E-state index < -0.39 is 26.2 Å². The minimum Gasteiger partial charge on any atom is -0.295 e. The van der Waals surface area contributed by atoms with E-state index in [0.717, 1.165) is 14.4 Å². The number of rotatable bonds is 9. The quantitative estimate of drug-likeness (QED) is 0.155. The highest BCUT2D eigenvalue weighted by atomic mass is 127. The van der Waals surface area contributed by atoms with Gasteiger partial charge < -0.3 is 0 Å². The highest BCUT2D eigenvalue weighted by Crippen LogP contribution is 2.29. The molecule has 3 rings (SSSR count). The lowest BCUT2D eigenvalue weighted by Gasteiger charge is -2.28. The number of nitro benzene ring substituents is 1. The molecule has 0 N–H and O–H groups in total. The Morgan fingerprint density at radius 1 is 1.17 bits per heavy atom. The Labute approximate surface area is 221 Å². The van der Waals surface area contributed by atoms with Gasteiger partial charge in [0.25, 0.3) is 21.3 Å². The zero-order valence-electron chi connectivity index (χ0n) is 20.0. The van der Waals surface area contributed by atoms with Gasteiger partial charge >= 0.3 is 5.69 Å². The molecule has 0 aliphatic rings. The molecular weight excluding hydrogens is 599 g/mol. The van der Waals surface area contributed by atoms with Gasteiger partial charge in [-0.05, 0) is 60.2 Å². The molecule has 0 atom stereocenters. The van der Waals surface area contributed by atoms with Crippen LogP contribution in [0.1, 0.15) is 23.7 Å². The van der Waals surface area contributed by atoms with Crippen molar-refractivity contribution in [1.82, 2.24) is 9.13 Å². The molecule has 0 saturated carbocycles. The molecule has 0 unspecified atom stereocenters. The Kier molecular flexibility index (Phi) is 8.19. The molecule has 0 radical (unpaired) electrons. The number of allylic oxidation sites excluding steroid dienone is 1. The van der Waals surface area contributed by atoms with Crippen LogP contribution in [0.5, 0.6) is 0 Å². The molecule has 3 aromatic rings. The number of sulfonamides is 1. The van der Waals surface area contributed by atoms with E-state index in [0.29, 0.717) is 9.13 Å². The van der Waals surface area contributed by atoms with Crippen LogP contribution in [0.15, 0.2) is 69.6 Å². The largest absolute Gasteiger partial charge is 0.331 e. The Bertz CT molecular complexity index is 1560. The number of nitrogens with zero attached hydrogens (tertiary/aromatic N) is 4. The first kappa shape index (κ1) is 27.3. The normalized spacial score (nSPS) is 11.3. The van der Waals surface area contributed by atoms with Crippen molar-refractivity contribution in [3.8, 4) is 0 Å². The van der Waals surface area contributed by atoms with Gasteiger partial charge in [0.05, 0.1) is 22.1 Å². The van der Waals surface area contributed by atoms with Crippen molar-refractivity contribution in [1.29, 1.82) is 0 Å². The van der Waals surface area contributed by atoms with Crippen molar-refractivity contribution < 1.29 is 13.3 Å². The molecule has 1 heterocycles. The maximum Gasteiger partial charge on any atom is 0.331 e. The first-order valence-corrected chi connectivity index (χ1v) is 13.4. The van der Waals surface area contributed by atoms with Crippen molar-refractivity contribution in [3.63, 3.8) is 0 Å². The van der Waals surface area contributed by atoms with E-state index in [1.54, 1.807) is 19.1 Å². The molecule has 0 aliphatic carbocycles. The molecule has 0 spiro atoms. The van der Waals surface area contributed by atoms with Crippen LogP contribution < -0.4 is 15.6 Å². The van der Waals surface area contributed by atoms with Crippen molar-refractivity contribution >= 4 is 44.0 Å². The highest BCUT2D eigenvalue weighted by molar-refractivity contribution is 14.1. The summed E-state index contributed by atoms with van der Waals surface area (Å²) in [6, 6.07) is 10.3. The predicted octanol–water partition coefficient (Wildman–Crippen LogP) is 3.51. The SMILES string of the molecule is C=CCc1c(N(Cc2cc([N+](=O)[O-])ccc2I)S(=O)(=O)c2ccc(C)cc2)c(=O)n(C)c(=O)n1CC. The second-order valence-corrected chi connectivity index (χ2v) is 11.1. The molecule has 0 bridgehead atoms. The third-order valence-electron chi connectivity index (χ3n) is 5.69. The maximum absolute atomic E-state index is 14.0. The standard InChI is InChI=1S/C24H25IN4O6S/c1-5-7-21-22(23(30)26(4)24(31)27(21)6-2)28(36(34,35)19-11-8-16(3)9-12-19)15-17-14-18(29(32)33)10-13-20(17)25/h5,8-14H,1,6-7,15H2,2-4H3. The third kappa shape index (κ3) is 5.14. The molecule has 0 aliphatic heterocycles. The summed E-state index contributed by atoms with van der Waals surface area (Å²) in [5.41, 5.74) is -0.425. The number of non-ortho nitro benzene ring substituents is 1. The van der Waals surface area contributed by atoms with Gasteiger partial charge in [-0.15, -0.1) is 6.58 Å². The Balaban J connectivity index is 2.42. The summed E-state index contributed by atoms with van der Waals surface area (Å²) < 4.78 is 31.7. The molecule has 1 aromatic heterocycles. The third-order valence-corrected chi connectivity index (χ3v) is 8.50. The van der Waals surface area contributed by atoms with Crippen LogP contribution in [0.2, 0.25) is 0 Å². The van der Waals surface area contributed by atoms with E-state index in [1.807, 2.05) is 29.5 Å². The number of hydrogen-bond donors (Lipinski definition) is 0. The maximum atomic E-state index is 14.0. The van der Waals surface area contributed by atoms with E-state index in [4.69, 9.17) is 0 Å². The van der Waals surface area contributed by atoms with Crippen molar-refractivity contribution in [2.45, 2.75) is 38.3 Å². The van der Waals surface area contributed by atoms with Crippen LogP contribution in [0.3, 0.4) is 0 Å². The van der Waals surface area contributed by atoms with Gasteiger partial charge in [0.2, 0.25) is 0 Å². The molecule has 0 fully saturated rings. The second-order valence-electron chi connectivity index (χ2n) is 8.04.